The second-order valence-electron chi connectivity index (χ2n) is 4.47. The van der Waals surface area contributed by atoms with Crippen LogP contribution in [0.1, 0.15) is 29.6 Å². The van der Waals surface area contributed by atoms with E-state index < -0.39 is 11.8 Å². The van der Waals surface area contributed by atoms with E-state index in [2.05, 4.69) is 0 Å². The fourth-order valence-corrected chi connectivity index (χ4v) is 2.74. The molecule has 1 atom stereocenters. The lowest BCUT2D eigenvalue weighted by Crippen LogP contribution is -2.23. The number of aromatic carboxylic acids is 1. The molecule has 1 heterocycles. The summed E-state index contributed by atoms with van der Waals surface area (Å²) < 4.78 is 24.5. The number of thioether (sulfide) groups is 1. The molecule has 1 aliphatic rings. The van der Waals surface area contributed by atoms with Crippen molar-refractivity contribution in [3.05, 3.63) is 29.6 Å². The van der Waals surface area contributed by atoms with E-state index in [1.807, 2.05) is 0 Å². The van der Waals surface area contributed by atoms with Crippen molar-refractivity contribution < 1.29 is 23.8 Å². The largest absolute Gasteiger partial charge is 0.478 e. The third-order valence-corrected chi connectivity index (χ3v) is 3.96. The summed E-state index contributed by atoms with van der Waals surface area (Å²) in [5.74, 6) is -0.910. The molecule has 0 saturated carbocycles. The maximum Gasteiger partial charge on any atom is 0.335 e. The lowest BCUT2D eigenvalue weighted by atomic mass is 10.2. The molecule has 4 nitrogen and oxygen atoms in total. The fraction of sp³-hybridized carbons (Fsp3) is 0.500. The van der Waals surface area contributed by atoms with Crippen LogP contribution in [0.4, 0.5) is 4.39 Å². The SMILES string of the molecule is O=C(O)c1ccc(F)c(SCCOC2CCCCO2)c1. The van der Waals surface area contributed by atoms with E-state index in [1.165, 1.54) is 30.0 Å². The Morgan fingerprint density at radius 3 is 3.05 bits per heavy atom. The van der Waals surface area contributed by atoms with E-state index in [0.29, 0.717) is 17.3 Å². The summed E-state index contributed by atoms with van der Waals surface area (Å²) in [6, 6.07) is 3.78. The van der Waals surface area contributed by atoms with Gasteiger partial charge in [-0.2, -0.15) is 0 Å². The number of carbonyl (C=O) groups is 1. The summed E-state index contributed by atoms with van der Waals surface area (Å²) in [6.07, 6.45) is 2.92. The zero-order valence-electron chi connectivity index (χ0n) is 11.0. The summed E-state index contributed by atoms with van der Waals surface area (Å²) in [5.41, 5.74) is 0.0884. The molecule has 1 N–H and O–H groups in total. The van der Waals surface area contributed by atoms with Gasteiger partial charge in [0, 0.05) is 17.3 Å². The van der Waals surface area contributed by atoms with Crippen LogP contribution in [0.3, 0.4) is 0 Å². The normalized spacial score (nSPS) is 18.9. The first-order valence-electron chi connectivity index (χ1n) is 6.55. The Labute approximate surface area is 121 Å². The average Bonchev–Trinajstić information content (AvgIpc) is 2.46. The molecule has 2 rings (SSSR count). The summed E-state index contributed by atoms with van der Waals surface area (Å²) in [5, 5.41) is 8.87. The molecule has 0 bridgehead atoms. The van der Waals surface area contributed by atoms with Gasteiger partial charge in [0.25, 0.3) is 0 Å². The Morgan fingerprint density at radius 1 is 1.50 bits per heavy atom. The number of hydrogen-bond donors (Lipinski definition) is 1. The van der Waals surface area contributed by atoms with Crippen molar-refractivity contribution in [1.82, 2.24) is 0 Å². The number of benzene rings is 1. The van der Waals surface area contributed by atoms with E-state index in [0.717, 1.165) is 25.9 Å². The lowest BCUT2D eigenvalue weighted by Gasteiger charge is -2.22. The molecule has 1 aromatic rings. The number of carboxylic acid groups (broad SMARTS) is 1. The Hall–Kier alpha value is -1.11. The van der Waals surface area contributed by atoms with Crippen molar-refractivity contribution >= 4 is 17.7 Å². The average molecular weight is 300 g/mol. The van der Waals surface area contributed by atoms with Gasteiger partial charge in [-0.3, -0.25) is 0 Å². The van der Waals surface area contributed by atoms with Gasteiger partial charge in [0.1, 0.15) is 5.82 Å². The predicted octanol–water partition coefficient (Wildman–Crippen LogP) is 3.16. The van der Waals surface area contributed by atoms with Gasteiger partial charge >= 0.3 is 5.97 Å². The highest BCUT2D eigenvalue weighted by molar-refractivity contribution is 7.99. The summed E-state index contributed by atoms with van der Waals surface area (Å²) in [7, 11) is 0. The minimum atomic E-state index is -1.06. The first kappa shape index (κ1) is 15.3. The lowest BCUT2D eigenvalue weighted by molar-refractivity contribution is -0.158. The molecule has 1 aliphatic heterocycles. The smallest absolute Gasteiger partial charge is 0.335 e. The highest BCUT2D eigenvalue weighted by Gasteiger charge is 2.14. The monoisotopic (exact) mass is 300 g/mol. The molecule has 110 valence electrons. The Kier molecular flexibility index (Phi) is 5.82. The molecule has 1 aromatic carbocycles. The van der Waals surface area contributed by atoms with Crippen LogP contribution in [0.2, 0.25) is 0 Å². The van der Waals surface area contributed by atoms with Crippen LogP contribution in [0.25, 0.3) is 0 Å². The maximum absolute atomic E-state index is 13.5. The first-order chi connectivity index (χ1) is 9.66. The van der Waals surface area contributed by atoms with Crippen LogP contribution in [0.15, 0.2) is 23.1 Å². The molecule has 0 spiro atoms. The number of ether oxygens (including phenoxy) is 2. The van der Waals surface area contributed by atoms with Crippen molar-refractivity contribution in [2.75, 3.05) is 19.0 Å². The van der Waals surface area contributed by atoms with Gasteiger partial charge < -0.3 is 14.6 Å². The van der Waals surface area contributed by atoms with E-state index in [-0.39, 0.29) is 11.9 Å². The van der Waals surface area contributed by atoms with Gasteiger partial charge in [-0.05, 0) is 37.5 Å². The highest BCUT2D eigenvalue weighted by atomic mass is 32.2. The van der Waals surface area contributed by atoms with Gasteiger partial charge in [0.05, 0.1) is 12.2 Å². The van der Waals surface area contributed by atoms with E-state index in [9.17, 15) is 9.18 Å². The summed E-state index contributed by atoms with van der Waals surface area (Å²) >= 11 is 1.25. The molecule has 0 aliphatic carbocycles. The van der Waals surface area contributed by atoms with Gasteiger partial charge in [-0.15, -0.1) is 11.8 Å². The van der Waals surface area contributed by atoms with Crippen LogP contribution in [0.5, 0.6) is 0 Å². The number of hydrogen-bond acceptors (Lipinski definition) is 4. The van der Waals surface area contributed by atoms with Crippen molar-refractivity contribution in [2.45, 2.75) is 30.4 Å². The van der Waals surface area contributed by atoms with Crippen molar-refractivity contribution in [3.63, 3.8) is 0 Å². The van der Waals surface area contributed by atoms with Gasteiger partial charge in [-0.1, -0.05) is 0 Å². The van der Waals surface area contributed by atoms with E-state index in [4.69, 9.17) is 14.6 Å². The van der Waals surface area contributed by atoms with Crippen molar-refractivity contribution in [1.29, 1.82) is 0 Å². The second-order valence-corrected chi connectivity index (χ2v) is 5.60. The highest BCUT2D eigenvalue weighted by Crippen LogP contribution is 2.23. The maximum atomic E-state index is 13.5. The number of rotatable bonds is 6. The second kappa shape index (κ2) is 7.61. The molecular formula is C14H17FO4S. The molecular weight excluding hydrogens is 283 g/mol. The summed E-state index contributed by atoms with van der Waals surface area (Å²) in [6.45, 7) is 1.18. The van der Waals surface area contributed by atoms with Crippen molar-refractivity contribution in [2.24, 2.45) is 0 Å². The van der Waals surface area contributed by atoms with Crippen LogP contribution < -0.4 is 0 Å². The zero-order chi connectivity index (χ0) is 14.4. The zero-order valence-corrected chi connectivity index (χ0v) is 11.8. The Balaban J connectivity index is 1.78. The minimum absolute atomic E-state index is 0.0884. The van der Waals surface area contributed by atoms with Crippen LogP contribution >= 0.6 is 11.8 Å². The molecule has 6 heteroatoms. The fourth-order valence-electron chi connectivity index (χ4n) is 1.92. The van der Waals surface area contributed by atoms with Crippen LogP contribution in [-0.4, -0.2) is 36.3 Å². The first-order valence-corrected chi connectivity index (χ1v) is 7.54. The van der Waals surface area contributed by atoms with Gasteiger partial charge in [-0.25, -0.2) is 9.18 Å². The standard InChI is InChI=1S/C14H17FO4S/c15-11-5-4-10(14(16)17)9-12(11)20-8-7-19-13-3-1-2-6-18-13/h4-5,9,13H,1-3,6-8H2,(H,16,17). The van der Waals surface area contributed by atoms with E-state index >= 15 is 0 Å². The minimum Gasteiger partial charge on any atom is -0.478 e. The molecule has 1 unspecified atom stereocenters. The van der Waals surface area contributed by atoms with Gasteiger partial charge in [0.15, 0.2) is 6.29 Å². The Morgan fingerprint density at radius 2 is 2.35 bits per heavy atom. The molecule has 20 heavy (non-hydrogen) atoms. The van der Waals surface area contributed by atoms with Gasteiger partial charge in [0.2, 0.25) is 0 Å². The van der Waals surface area contributed by atoms with E-state index in [1.54, 1.807) is 0 Å². The Bertz CT molecular complexity index is 460. The van der Waals surface area contributed by atoms with Crippen LogP contribution in [-0.2, 0) is 9.47 Å². The molecule has 0 aromatic heterocycles. The molecule has 1 fully saturated rings. The number of halogens is 1. The van der Waals surface area contributed by atoms with Crippen molar-refractivity contribution in [3.8, 4) is 0 Å². The quantitative estimate of drug-likeness (QED) is 0.646. The molecule has 0 radical (unpaired) electrons. The third-order valence-electron chi connectivity index (χ3n) is 2.96. The molecule has 0 amide bonds. The van der Waals surface area contributed by atoms with Crippen LogP contribution in [0, 0.1) is 5.82 Å². The third kappa shape index (κ3) is 4.47. The molecule has 1 saturated heterocycles. The number of carboxylic acids is 1. The predicted molar refractivity (Wildman–Crippen MR) is 73.6 cm³/mol. The topological polar surface area (TPSA) is 55.8 Å². The summed E-state index contributed by atoms with van der Waals surface area (Å²) in [4.78, 5) is 11.2.